The van der Waals surface area contributed by atoms with Crippen LogP contribution in [0.5, 0.6) is 11.5 Å². The molecule has 0 atom stereocenters. The molecule has 0 aromatic heterocycles. The molecule has 0 aliphatic carbocycles. The van der Waals surface area contributed by atoms with Crippen molar-refractivity contribution < 1.29 is 17.9 Å². The minimum absolute atomic E-state index is 0.238. The van der Waals surface area contributed by atoms with Gasteiger partial charge >= 0.3 is 0 Å². The van der Waals surface area contributed by atoms with Gasteiger partial charge in [-0.1, -0.05) is 12.1 Å². The predicted octanol–water partition coefficient (Wildman–Crippen LogP) is 3.54. The van der Waals surface area contributed by atoms with Gasteiger partial charge in [0.1, 0.15) is 11.4 Å². The molecule has 0 unspecified atom stereocenters. The lowest BCUT2D eigenvalue weighted by molar-refractivity contribution is 0.426. The number of hydrogen-bond donors (Lipinski definition) is 1. The minimum Gasteiger partial charge on any atom is -0.451 e. The normalized spacial score (nSPS) is 12.4. The highest BCUT2D eigenvalue weighted by Gasteiger charge is 2.26. The van der Waals surface area contributed by atoms with Crippen molar-refractivity contribution in [3.05, 3.63) is 47.3 Å². The molecule has 3 nitrogen and oxygen atoms in total. The summed E-state index contributed by atoms with van der Waals surface area (Å²) in [6.07, 6.45) is 1.02. The zero-order chi connectivity index (χ0) is 13.6. The van der Waals surface area contributed by atoms with Crippen molar-refractivity contribution in [2.24, 2.45) is 4.99 Å². The smallest absolute Gasteiger partial charge is 0.192 e. The van der Waals surface area contributed by atoms with Crippen molar-refractivity contribution in [1.29, 1.82) is 0 Å². The number of rotatable bonds is 0. The van der Waals surface area contributed by atoms with E-state index >= 15 is 0 Å². The SMILES string of the molecule is Nc1c(F)c(F)c2c(c1F)Oc1ccccc1N=C2. The number of para-hydroxylation sites is 2. The molecule has 2 N–H and O–H groups in total. The molecule has 0 saturated heterocycles. The summed E-state index contributed by atoms with van der Waals surface area (Å²) in [6.45, 7) is 0. The Kier molecular flexibility index (Phi) is 2.45. The van der Waals surface area contributed by atoms with E-state index in [9.17, 15) is 13.2 Å². The van der Waals surface area contributed by atoms with Crippen LogP contribution in [0.3, 0.4) is 0 Å². The molecule has 1 aliphatic heterocycles. The van der Waals surface area contributed by atoms with Crippen LogP contribution in [-0.4, -0.2) is 6.21 Å². The Labute approximate surface area is 106 Å². The standard InChI is InChI=1S/C13H7F3N2O/c14-9-6-5-18-7-3-1-2-4-8(7)19-13(6)11(16)12(17)10(9)15/h1-5H,17H2. The lowest BCUT2D eigenvalue weighted by Gasteiger charge is -2.11. The van der Waals surface area contributed by atoms with Gasteiger partial charge in [-0.25, -0.2) is 13.2 Å². The highest BCUT2D eigenvalue weighted by Crippen LogP contribution is 2.40. The van der Waals surface area contributed by atoms with E-state index in [2.05, 4.69) is 4.99 Å². The summed E-state index contributed by atoms with van der Waals surface area (Å²) in [6, 6.07) is 6.49. The van der Waals surface area contributed by atoms with Crippen molar-refractivity contribution in [3.63, 3.8) is 0 Å². The summed E-state index contributed by atoms with van der Waals surface area (Å²) in [5.41, 5.74) is 4.23. The molecular formula is C13H7F3N2O. The summed E-state index contributed by atoms with van der Waals surface area (Å²) in [4.78, 5) is 3.94. The third-order valence-corrected chi connectivity index (χ3v) is 2.76. The highest BCUT2D eigenvalue weighted by molar-refractivity contribution is 5.89. The van der Waals surface area contributed by atoms with Gasteiger partial charge in [-0.05, 0) is 12.1 Å². The molecular weight excluding hydrogens is 257 g/mol. The van der Waals surface area contributed by atoms with Crippen LogP contribution < -0.4 is 10.5 Å². The van der Waals surface area contributed by atoms with Crippen molar-refractivity contribution >= 4 is 17.6 Å². The van der Waals surface area contributed by atoms with E-state index in [1.54, 1.807) is 24.3 Å². The largest absolute Gasteiger partial charge is 0.451 e. The summed E-state index contributed by atoms with van der Waals surface area (Å²) in [5.74, 6) is -4.10. The monoisotopic (exact) mass is 264 g/mol. The number of hydrogen-bond acceptors (Lipinski definition) is 3. The molecule has 19 heavy (non-hydrogen) atoms. The molecule has 1 heterocycles. The Morgan fingerprint density at radius 1 is 1.00 bits per heavy atom. The Balaban J connectivity index is 2.31. The molecule has 2 aromatic rings. The predicted molar refractivity (Wildman–Crippen MR) is 64.5 cm³/mol. The van der Waals surface area contributed by atoms with E-state index in [-0.39, 0.29) is 5.75 Å². The number of nitrogen functional groups attached to an aromatic ring is 1. The van der Waals surface area contributed by atoms with Gasteiger partial charge in [0.15, 0.2) is 29.0 Å². The molecule has 96 valence electrons. The fourth-order valence-corrected chi connectivity index (χ4v) is 1.78. The van der Waals surface area contributed by atoms with Crippen LogP contribution in [-0.2, 0) is 0 Å². The molecule has 1 aliphatic rings. The van der Waals surface area contributed by atoms with Crippen LogP contribution >= 0.6 is 0 Å². The minimum atomic E-state index is -1.45. The maximum Gasteiger partial charge on any atom is 0.192 e. The molecule has 0 saturated carbocycles. The third-order valence-electron chi connectivity index (χ3n) is 2.76. The van der Waals surface area contributed by atoms with Gasteiger partial charge in [-0.2, -0.15) is 0 Å². The van der Waals surface area contributed by atoms with Crippen molar-refractivity contribution in [1.82, 2.24) is 0 Å². The van der Waals surface area contributed by atoms with E-state index in [1.807, 2.05) is 0 Å². The maximum atomic E-state index is 13.9. The van der Waals surface area contributed by atoms with Crippen LogP contribution in [0.25, 0.3) is 0 Å². The van der Waals surface area contributed by atoms with E-state index in [4.69, 9.17) is 10.5 Å². The van der Waals surface area contributed by atoms with Gasteiger partial charge in [-0.3, -0.25) is 4.99 Å². The van der Waals surface area contributed by atoms with Gasteiger partial charge in [-0.15, -0.1) is 0 Å². The second kappa shape index (κ2) is 4.01. The molecule has 6 heteroatoms. The average molecular weight is 264 g/mol. The number of nitrogens with zero attached hydrogens (tertiary/aromatic N) is 1. The van der Waals surface area contributed by atoms with Gasteiger partial charge in [0.25, 0.3) is 0 Å². The topological polar surface area (TPSA) is 47.6 Å². The Hall–Kier alpha value is -2.50. The lowest BCUT2D eigenvalue weighted by atomic mass is 10.1. The fourth-order valence-electron chi connectivity index (χ4n) is 1.78. The van der Waals surface area contributed by atoms with Gasteiger partial charge < -0.3 is 10.5 Å². The van der Waals surface area contributed by atoms with Crippen molar-refractivity contribution in [2.45, 2.75) is 0 Å². The summed E-state index contributed by atoms with van der Waals surface area (Å²) in [7, 11) is 0. The number of nitrogens with two attached hydrogens (primary N) is 1. The third kappa shape index (κ3) is 1.64. The van der Waals surface area contributed by atoms with Crippen LogP contribution in [0.4, 0.5) is 24.5 Å². The fraction of sp³-hybridized carbons (Fsp3) is 0. The van der Waals surface area contributed by atoms with Gasteiger partial charge in [0.05, 0.1) is 5.56 Å². The number of anilines is 1. The Morgan fingerprint density at radius 2 is 1.74 bits per heavy atom. The zero-order valence-corrected chi connectivity index (χ0v) is 9.45. The van der Waals surface area contributed by atoms with Crippen LogP contribution in [0, 0.1) is 17.5 Å². The molecule has 3 rings (SSSR count). The first-order valence-electron chi connectivity index (χ1n) is 5.36. The van der Waals surface area contributed by atoms with Gasteiger partial charge in [0.2, 0.25) is 0 Å². The maximum absolute atomic E-state index is 13.9. The van der Waals surface area contributed by atoms with E-state index in [1.165, 1.54) is 0 Å². The summed E-state index contributed by atoms with van der Waals surface area (Å²) >= 11 is 0. The Morgan fingerprint density at radius 3 is 2.53 bits per heavy atom. The van der Waals surface area contributed by atoms with Crippen LogP contribution in [0.15, 0.2) is 29.3 Å². The highest BCUT2D eigenvalue weighted by atomic mass is 19.2. The summed E-state index contributed by atoms with van der Waals surface area (Å²) in [5, 5.41) is 0. The molecule has 0 spiro atoms. The Bertz CT molecular complexity index is 714. The lowest BCUT2D eigenvalue weighted by Crippen LogP contribution is -2.06. The molecule has 0 fully saturated rings. The van der Waals surface area contributed by atoms with Crippen LogP contribution in [0.1, 0.15) is 5.56 Å². The summed E-state index contributed by atoms with van der Waals surface area (Å²) < 4.78 is 46.3. The number of ether oxygens (including phenoxy) is 1. The molecule has 0 radical (unpaired) electrons. The first-order chi connectivity index (χ1) is 9.09. The van der Waals surface area contributed by atoms with E-state index in [0.29, 0.717) is 5.69 Å². The molecule has 0 bridgehead atoms. The zero-order valence-electron chi connectivity index (χ0n) is 9.45. The van der Waals surface area contributed by atoms with E-state index in [0.717, 1.165) is 6.21 Å². The van der Waals surface area contributed by atoms with Crippen molar-refractivity contribution in [2.75, 3.05) is 5.73 Å². The number of fused-ring (bicyclic) bond motifs is 2. The first-order valence-corrected chi connectivity index (χ1v) is 5.36. The second-order valence-corrected chi connectivity index (χ2v) is 3.93. The number of aliphatic imine (C=N–C) groups is 1. The van der Waals surface area contributed by atoms with Crippen molar-refractivity contribution in [3.8, 4) is 11.5 Å². The van der Waals surface area contributed by atoms with Crippen LogP contribution in [0.2, 0.25) is 0 Å². The number of benzene rings is 2. The molecule has 0 amide bonds. The number of halogens is 3. The quantitative estimate of drug-likeness (QED) is 0.498. The van der Waals surface area contributed by atoms with Gasteiger partial charge in [0, 0.05) is 6.21 Å². The first kappa shape index (κ1) is 11.6. The second-order valence-electron chi connectivity index (χ2n) is 3.93. The average Bonchev–Trinajstić information content (AvgIpc) is 2.62. The molecule has 2 aromatic carbocycles. The van der Waals surface area contributed by atoms with E-state index < -0.39 is 34.5 Å².